The molecule has 90 valence electrons. The van der Waals surface area contributed by atoms with Crippen LogP contribution >= 0.6 is 0 Å². The van der Waals surface area contributed by atoms with E-state index >= 15 is 0 Å². The van der Waals surface area contributed by atoms with E-state index in [4.69, 9.17) is 5.11 Å². The van der Waals surface area contributed by atoms with E-state index in [2.05, 4.69) is 28.2 Å². The number of aliphatic hydroxyl groups excluding tert-OH is 1. The second kappa shape index (κ2) is 7.19. The van der Waals surface area contributed by atoms with Crippen LogP contribution in [0.1, 0.15) is 18.9 Å². The van der Waals surface area contributed by atoms with Crippen LogP contribution in [0, 0.1) is 0 Å². The molecule has 0 aromatic carbocycles. The largest absolute Gasteiger partial charge is 0.395 e. The minimum absolute atomic E-state index is 0.167. The van der Waals surface area contributed by atoms with Crippen LogP contribution in [-0.2, 0) is 6.54 Å². The zero-order chi connectivity index (χ0) is 11.8. The summed E-state index contributed by atoms with van der Waals surface area (Å²) in [6.07, 6.45) is 2.94. The monoisotopic (exact) mass is 223 g/mol. The summed E-state index contributed by atoms with van der Waals surface area (Å²) in [4.78, 5) is 6.51. The summed E-state index contributed by atoms with van der Waals surface area (Å²) in [6, 6.07) is 4.08. The molecule has 1 aromatic rings. The van der Waals surface area contributed by atoms with Gasteiger partial charge in [-0.15, -0.1) is 0 Å². The zero-order valence-electron chi connectivity index (χ0n) is 10.1. The van der Waals surface area contributed by atoms with E-state index in [0.29, 0.717) is 6.54 Å². The number of pyridine rings is 1. The molecule has 0 unspecified atom stereocenters. The second-order valence-electron chi connectivity index (χ2n) is 3.77. The number of aliphatic hydroxyl groups is 1. The minimum atomic E-state index is 0.167. The standard InChI is InChI=1S/C12H21N3O/c1-3-6-15(7-8-16)12-5-4-11(9-13-2)10-14-12/h4-5,10,13,16H,3,6-9H2,1-2H3. The first kappa shape index (κ1) is 12.9. The predicted molar refractivity (Wildman–Crippen MR) is 66.6 cm³/mol. The lowest BCUT2D eigenvalue weighted by Crippen LogP contribution is -2.28. The molecule has 1 heterocycles. The molecule has 0 spiro atoms. The molecule has 0 bridgehead atoms. The van der Waals surface area contributed by atoms with Gasteiger partial charge in [0.1, 0.15) is 5.82 Å². The molecule has 0 aliphatic rings. The Morgan fingerprint density at radius 1 is 1.38 bits per heavy atom. The first-order chi connectivity index (χ1) is 7.81. The van der Waals surface area contributed by atoms with Gasteiger partial charge in [0.15, 0.2) is 0 Å². The quantitative estimate of drug-likeness (QED) is 0.724. The molecule has 0 saturated heterocycles. The minimum Gasteiger partial charge on any atom is -0.395 e. The number of aromatic nitrogens is 1. The maximum Gasteiger partial charge on any atom is 0.128 e. The van der Waals surface area contributed by atoms with Crippen molar-refractivity contribution in [1.29, 1.82) is 0 Å². The first-order valence-corrected chi connectivity index (χ1v) is 5.77. The number of hydrogen-bond donors (Lipinski definition) is 2. The zero-order valence-corrected chi connectivity index (χ0v) is 10.1. The lowest BCUT2D eigenvalue weighted by atomic mass is 10.2. The van der Waals surface area contributed by atoms with Crippen LogP contribution in [-0.4, -0.2) is 36.8 Å². The molecule has 0 radical (unpaired) electrons. The van der Waals surface area contributed by atoms with Gasteiger partial charge in [-0.05, 0) is 25.1 Å². The van der Waals surface area contributed by atoms with Crippen LogP contribution in [0.5, 0.6) is 0 Å². The molecule has 1 rings (SSSR count). The van der Waals surface area contributed by atoms with Gasteiger partial charge in [0, 0.05) is 25.8 Å². The third kappa shape index (κ3) is 3.79. The molecule has 0 amide bonds. The highest BCUT2D eigenvalue weighted by Gasteiger charge is 2.05. The lowest BCUT2D eigenvalue weighted by Gasteiger charge is -2.22. The fourth-order valence-corrected chi connectivity index (χ4v) is 1.64. The van der Waals surface area contributed by atoms with E-state index in [0.717, 1.165) is 25.3 Å². The highest BCUT2D eigenvalue weighted by molar-refractivity contribution is 5.39. The van der Waals surface area contributed by atoms with Crippen LogP contribution in [0.4, 0.5) is 5.82 Å². The predicted octanol–water partition coefficient (Wildman–Crippen LogP) is 1.01. The Morgan fingerprint density at radius 2 is 2.19 bits per heavy atom. The van der Waals surface area contributed by atoms with Crippen LogP contribution in [0.25, 0.3) is 0 Å². The number of hydrogen-bond acceptors (Lipinski definition) is 4. The van der Waals surface area contributed by atoms with Gasteiger partial charge in [0.05, 0.1) is 6.61 Å². The van der Waals surface area contributed by atoms with Crippen molar-refractivity contribution in [1.82, 2.24) is 10.3 Å². The van der Waals surface area contributed by atoms with E-state index in [9.17, 15) is 0 Å². The maximum atomic E-state index is 8.98. The Labute approximate surface area is 97.3 Å². The molecule has 16 heavy (non-hydrogen) atoms. The smallest absolute Gasteiger partial charge is 0.128 e. The Kier molecular flexibility index (Phi) is 5.82. The van der Waals surface area contributed by atoms with Gasteiger partial charge in [-0.3, -0.25) is 0 Å². The Balaban J connectivity index is 2.68. The number of rotatable bonds is 7. The summed E-state index contributed by atoms with van der Waals surface area (Å²) in [5, 5.41) is 12.1. The molecule has 0 fully saturated rings. The second-order valence-corrected chi connectivity index (χ2v) is 3.77. The van der Waals surface area contributed by atoms with Crippen LogP contribution in [0.3, 0.4) is 0 Å². The summed E-state index contributed by atoms with van der Waals surface area (Å²) < 4.78 is 0. The van der Waals surface area contributed by atoms with Crippen LogP contribution in [0.15, 0.2) is 18.3 Å². The Morgan fingerprint density at radius 3 is 2.69 bits per heavy atom. The molecule has 0 aliphatic heterocycles. The number of anilines is 1. The molecule has 0 saturated carbocycles. The summed E-state index contributed by atoms with van der Waals surface area (Å²) in [5.41, 5.74) is 1.17. The maximum absolute atomic E-state index is 8.98. The number of nitrogens with one attached hydrogen (secondary N) is 1. The van der Waals surface area contributed by atoms with Crippen molar-refractivity contribution in [2.75, 3.05) is 31.6 Å². The molecule has 0 aliphatic carbocycles. The number of nitrogens with zero attached hydrogens (tertiary/aromatic N) is 2. The van der Waals surface area contributed by atoms with Gasteiger partial charge in [0.25, 0.3) is 0 Å². The van der Waals surface area contributed by atoms with E-state index in [1.165, 1.54) is 5.56 Å². The molecule has 2 N–H and O–H groups in total. The van der Waals surface area contributed by atoms with Crippen molar-refractivity contribution in [2.24, 2.45) is 0 Å². The molecule has 4 nitrogen and oxygen atoms in total. The molecule has 1 aromatic heterocycles. The van der Waals surface area contributed by atoms with Crippen molar-refractivity contribution in [3.05, 3.63) is 23.9 Å². The van der Waals surface area contributed by atoms with E-state index in [1.54, 1.807) is 0 Å². The first-order valence-electron chi connectivity index (χ1n) is 5.77. The van der Waals surface area contributed by atoms with Gasteiger partial charge in [0.2, 0.25) is 0 Å². The summed E-state index contributed by atoms with van der Waals surface area (Å²) in [6.45, 7) is 4.70. The van der Waals surface area contributed by atoms with Crippen molar-refractivity contribution >= 4 is 5.82 Å². The Bertz CT molecular complexity index is 281. The average Bonchev–Trinajstić information content (AvgIpc) is 2.30. The normalized spacial score (nSPS) is 10.4. The van der Waals surface area contributed by atoms with E-state index in [1.807, 2.05) is 19.3 Å². The Hall–Kier alpha value is -1.13. The highest BCUT2D eigenvalue weighted by atomic mass is 16.3. The molecule has 0 atom stereocenters. The van der Waals surface area contributed by atoms with Gasteiger partial charge < -0.3 is 15.3 Å². The van der Waals surface area contributed by atoms with Crippen molar-refractivity contribution in [3.63, 3.8) is 0 Å². The molecular weight excluding hydrogens is 202 g/mol. The lowest BCUT2D eigenvalue weighted by molar-refractivity contribution is 0.301. The van der Waals surface area contributed by atoms with Crippen molar-refractivity contribution in [2.45, 2.75) is 19.9 Å². The fourth-order valence-electron chi connectivity index (χ4n) is 1.64. The highest BCUT2D eigenvalue weighted by Crippen LogP contribution is 2.11. The van der Waals surface area contributed by atoms with Gasteiger partial charge in [-0.25, -0.2) is 4.98 Å². The molecular formula is C12H21N3O. The van der Waals surface area contributed by atoms with E-state index < -0.39 is 0 Å². The summed E-state index contributed by atoms with van der Waals surface area (Å²) in [7, 11) is 1.92. The topological polar surface area (TPSA) is 48.4 Å². The van der Waals surface area contributed by atoms with Gasteiger partial charge in [-0.1, -0.05) is 13.0 Å². The van der Waals surface area contributed by atoms with E-state index in [-0.39, 0.29) is 6.61 Å². The SMILES string of the molecule is CCCN(CCO)c1ccc(CNC)cn1. The summed E-state index contributed by atoms with van der Waals surface area (Å²) in [5.74, 6) is 0.941. The molecule has 4 heteroatoms. The van der Waals surface area contributed by atoms with Crippen LogP contribution < -0.4 is 10.2 Å². The fraction of sp³-hybridized carbons (Fsp3) is 0.583. The average molecular weight is 223 g/mol. The third-order valence-electron chi connectivity index (χ3n) is 2.38. The van der Waals surface area contributed by atoms with Crippen molar-refractivity contribution < 1.29 is 5.11 Å². The van der Waals surface area contributed by atoms with Gasteiger partial charge in [-0.2, -0.15) is 0 Å². The van der Waals surface area contributed by atoms with Crippen LogP contribution in [0.2, 0.25) is 0 Å². The summed E-state index contributed by atoms with van der Waals surface area (Å²) >= 11 is 0. The van der Waals surface area contributed by atoms with Crippen molar-refractivity contribution in [3.8, 4) is 0 Å². The third-order valence-corrected chi connectivity index (χ3v) is 2.38. The van der Waals surface area contributed by atoms with Gasteiger partial charge >= 0.3 is 0 Å².